The van der Waals surface area contributed by atoms with Gasteiger partial charge < -0.3 is 14.8 Å². The summed E-state index contributed by atoms with van der Waals surface area (Å²) in [4.78, 5) is 12.3. The average molecular weight is 261 g/mol. The Labute approximate surface area is 113 Å². The van der Waals surface area contributed by atoms with E-state index >= 15 is 0 Å². The summed E-state index contributed by atoms with van der Waals surface area (Å²) in [6.07, 6.45) is 1.65. The van der Waals surface area contributed by atoms with Crippen molar-refractivity contribution in [1.82, 2.24) is 5.32 Å². The van der Waals surface area contributed by atoms with Gasteiger partial charge in [0.25, 0.3) is 0 Å². The van der Waals surface area contributed by atoms with Gasteiger partial charge in [-0.25, -0.2) is 0 Å². The van der Waals surface area contributed by atoms with Crippen LogP contribution in [0.15, 0.2) is 24.3 Å². The molecule has 2 aliphatic rings. The Morgan fingerprint density at radius 3 is 2.89 bits per heavy atom. The number of nitrogens with one attached hydrogen (secondary N) is 1. The van der Waals surface area contributed by atoms with E-state index in [9.17, 15) is 4.79 Å². The number of hydrogen-bond donors (Lipinski definition) is 1. The molecule has 3 rings (SSSR count). The molecule has 2 heterocycles. The van der Waals surface area contributed by atoms with Gasteiger partial charge in [-0.05, 0) is 11.1 Å². The van der Waals surface area contributed by atoms with Crippen LogP contribution in [-0.2, 0) is 20.8 Å². The number of fused-ring (bicyclic) bond motifs is 1. The van der Waals surface area contributed by atoms with E-state index in [1.54, 1.807) is 0 Å². The number of benzene rings is 1. The monoisotopic (exact) mass is 261 g/mol. The minimum absolute atomic E-state index is 0.0235. The van der Waals surface area contributed by atoms with Gasteiger partial charge in [-0.15, -0.1) is 0 Å². The lowest BCUT2D eigenvalue weighted by molar-refractivity contribution is -0.155. The zero-order valence-corrected chi connectivity index (χ0v) is 10.9. The first-order valence-electron chi connectivity index (χ1n) is 6.91. The Balaban J connectivity index is 1.70. The maximum atomic E-state index is 12.3. The van der Waals surface area contributed by atoms with Gasteiger partial charge in [0.2, 0.25) is 0 Å². The van der Waals surface area contributed by atoms with Crippen molar-refractivity contribution in [1.29, 1.82) is 0 Å². The summed E-state index contributed by atoms with van der Waals surface area (Å²) < 4.78 is 10.9. The van der Waals surface area contributed by atoms with Crippen LogP contribution in [0, 0.1) is 0 Å². The molecule has 0 aromatic heterocycles. The van der Waals surface area contributed by atoms with Crippen molar-refractivity contribution in [3.8, 4) is 0 Å². The first kappa shape index (κ1) is 12.6. The quantitative estimate of drug-likeness (QED) is 0.821. The molecule has 4 heteroatoms. The van der Waals surface area contributed by atoms with Gasteiger partial charge in [-0.3, -0.25) is 4.79 Å². The normalized spacial score (nSPS) is 23.7. The predicted octanol–water partition coefficient (Wildman–Crippen LogP) is 1.60. The molecule has 1 unspecified atom stereocenters. The maximum Gasteiger partial charge on any atom is 0.315 e. The number of rotatable bonds is 2. The molecule has 4 nitrogen and oxygen atoms in total. The van der Waals surface area contributed by atoms with E-state index in [-0.39, 0.29) is 18.0 Å². The Hall–Kier alpha value is -1.39. The Morgan fingerprint density at radius 2 is 2.05 bits per heavy atom. The molecule has 0 bridgehead atoms. The summed E-state index contributed by atoms with van der Waals surface area (Å²) in [6, 6.07) is 8.09. The largest absolute Gasteiger partial charge is 0.462 e. The van der Waals surface area contributed by atoms with Crippen LogP contribution in [0.4, 0.5) is 0 Å². The molecule has 1 aromatic carbocycles. The van der Waals surface area contributed by atoms with Crippen molar-refractivity contribution in [3.05, 3.63) is 35.4 Å². The first-order chi connectivity index (χ1) is 9.34. The molecule has 0 spiro atoms. The molecule has 0 amide bonds. The second-order valence-electron chi connectivity index (χ2n) is 5.13. The number of carbonyl (C=O) groups excluding carboxylic acids is 1. The lowest BCUT2D eigenvalue weighted by Crippen LogP contribution is -2.36. The third-order valence-electron chi connectivity index (χ3n) is 3.83. The highest BCUT2D eigenvalue weighted by Crippen LogP contribution is 2.26. The van der Waals surface area contributed by atoms with Gasteiger partial charge in [-0.2, -0.15) is 0 Å². The molecule has 1 saturated heterocycles. The van der Waals surface area contributed by atoms with Crippen molar-refractivity contribution in [2.45, 2.75) is 31.4 Å². The predicted molar refractivity (Wildman–Crippen MR) is 70.8 cm³/mol. The maximum absolute atomic E-state index is 12.3. The van der Waals surface area contributed by atoms with Crippen LogP contribution in [0.25, 0.3) is 0 Å². The van der Waals surface area contributed by atoms with E-state index in [0.29, 0.717) is 19.8 Å². The highest BCUT2D eigenvalue weighted by atomic mass is 16.6. The molecule has 1 N–H and O–H groups in total. The van der Waals surface area contributed by atoms with Crippen molar-refractivity contribution in [3.63, 3.8) is 0 Å². The third-order valence-corrected chi connectivity index (χ3v) is 3.83. The molecule has 0 aliphatic carbocycles. The van der Waals surface area contributed by atoms with Crippen molar-refractivity contribution < 1.29 is 14.3 Å². The zero-order valence-electron chi connectivity index (χ0n) is 10.9. The summed E-state index contributed by atoms with van der Waals surface area (Å²) >= 11 is 0. The number of esters is 1. The van der Waals surface area contributed by atoms with Gasteiger partial charge in [0, 0.05) is 25.9 Å². The summed E-state index contributed by atoms with van der Waals surface area (Å²) in [6.45, 7) is 2.88. The average Bonchev–Trinajstić information content (AvgIpc) is 2.47. The van der Waals surface area contributed by atoms with Crippen molar-refractivity contribution in [2.75, 3.05) is 19.8 Å². The lowest BCUT2D eigenvalue weighted by atomic mass is 9.91. The van der Waals surface area contributed by atoms with Crippen LogP contribution in [0.1, 0.15) is 29.9 Å². The van der Waals surface area contributed by atoms with Crippen LogP contribution < -0.4 is 5.32 Å². The second kappa shape index (κ2) is 5.72. The van der Waals surface area contributed by atoms with Crippen LogP contribution >= 0.6 is 0 Å². The highest BCUT2D eigenvalue weighted by molar-refractivity contribution is 5.79. The fourth-order valence-electron chi connectivity index (χ4n) is 2.75. The number of ether oxygens (including phenoxy) is 2. The molecule has 2 aliphatic heterocycles. The highest BCUT2D eigenvalue weighted by Gasteiger charge is 2.29. The molecule has 1 aromatic rings. The smallest absolute Gasteiger partial charge is 0.315 e. The summed E-state index contributed by atoms with van der Waals surface area (Å²) in [5, 5.41) is 3.28. The van der Waals surface area contributed by atoms with Gasteiger partial charge in [-0.1, -0.05) is 24.3 Å². The van der Waals surface area contributed by atoms with Crippen LogP contribution in [0.3, 0.4) is 0 Å². The Kier molecular flexibility index (Phi) is 3.80. The summed E-state index contributed by atoms with van der Waals surface area (Å²) in [5.41, 5.74) is 2.31. The fourth-order valence-corrected chi connectivity index (χ4v) is 2.75. The minimum atomic E-state index is -0.173. The van der Waals surface area contributed by atoms with Gasteiger partial charge in [0.15, 0.2) is 0 Å². The fraction of sp³-hybridized carbons (Fsp3) is 0.533. The van der Waals surface area contributed by atoms with Crippen LogP contribution in [0.5, 0.6) is 0 Å². The lowest BCUT2D eigenvalue weighted by Gasteiger charge is -2.28. The van der Waals surface area contributed by atoms with Gasteiger partial charge in [0.1, 0.15) is 6.10 Å². The van der Waals surface area contributed by atoms with Crippen molar-refractivity contribution in [2.24, 2.45) is 0 Å². The summed E-state index contributed by atoms with van der Waals surface area (Å²) in [7, 11) is 0. The van der Waals surface area contributed by atoms with E-state index in [1.807, 2.05) is 18.2 Å². The van der Waals surface area contributed by atoms with Crippen LogP contribution in [0.2, 0.25) is 0 Å². The molecule has 1 fully saturated rings. The molecule has 1 atom stereocenters. The molecule has 19 heavy (non-hydrogen) atoms. The van der Waals surface area contributed by atoms with E-state index in [4.69, 9.17) is 9.47 Å². The third kappa shape index (κ3) is 2.80. The molecular weight excluding hydrogens is 242 g/mol. The topological polar surface area (TPSA) is 47.6 Å². The SMILES string of the molecule is O=C(OC1CCOCC1)C1CNCc2ccccc21. The number of carbonyl (C=O) groups is 1. The van der Waals surface area contributed by atoms with Crippen LogP contribution in [-0.4, -0.2) is 31.8 Å². The molecular formula is C15H19NO3. The standard InChI is InChI=1S/C15H19NO3/c17-15(19-12-5-7-18-8-6-12)14-10-16-9-11-3-1-2-4-13(11)14/h1-4,12,14,16H,5-10H2. The Morgan fingerprint density at radius 1 is 1.26 bits per heavy atom. The first-order valence-corrected chi connectivity index (χ1v) is 6.91. The van der Waals surface area contributed by atoms with E-state index < -0.39 is 0 Å². The molecule has 0 saturated carbocycles. The second-order valence-corrected chi connectivity index (χ2v) is 5.13. The van der Waals surface area contributed by atoms with E-state index in [2.05, 4.69) is 11.4 Å². The van der Waals surface area contributed by atoms with Crippen molar-refractivity contribution >= 4 is 5.97 Å². The molecule has 102 valence electrons. The van der Waals surface area contributed by atoms with E-state index in [0.717, 1.165) is 24.9 Å². The van der Waals surface area contributed by atoms with Gasteiger partial charge in [0.05, 0.1) is 19.1 Å². The summed E-state index contributed by atoms with van der Waals surface area (Å²) in [5.74, 6) is -0.278. The number of hydrogen-bond acceptors (Lipinski definition) is 4. The molecule has 0 radical (unpaired) electrons. The van der Waals surface area contributed by atoms with Gasteiger partial charge >= 0.3 is 5.97 Å². The Bertz CT molecular complexity index is 454. The van der Waals surface area contributed by atoms with E-state index in [1.165, 1.54) is 5.56 Å². The zero-order chi connectivity index (χ0) is 13.1. The minimum Gasteiger partial charge on any atom is -0.462 e.